The third-order valence-corrected chi connectivity index (χ3v) is 4.06. The van der Waals surface area contributed by atoms with Gasteiger partial charge in [-0.05, 0) is 30.5 Å². The van der Waals surface area contributed by atoms with E-state index < -0.39 is 0 Å². The Hall–Kier alpha value is -1.02. The lowest BCUT2D eigenvalue weighted by Gasteiger charge is -2.24. The van der Waals surface area contributed by atoms with Gasteiger partial charge in [-0.25, -0.2) is 0 Å². The summed E-state index contributed by atoms with van der Waals surface area (Å²) in [6, 6.07) is 8.75. The summed E-state index contributed by atoms with van der Waals surface area (Å²) in [4.78, 5) is 2.52. The first-order chi connectivity index (χ1) is 10.3. The third kappa shape index (κ3) is 7.52. The van der Waals surface area contributed by atoms with E-state index in [2.05, 4.69) is 43.0 Å². The molecule has 0 amide bonds. The average molecular weight is 290 g/mol. The van der Waals surface area contributed by atoms with Gasteiger partial charge in [-0.15, -0.1) is 0 Å². The molecule has 2 heteroatoms. The van der Waals surface area contributed by atoms with Gasteiger partial charge in [-0.1, -0.05) is 64.5 Å². The predicted molar refractivity (Wildman–Crippen MR) is 94.8 cm³/mol. The molecule has 0 aromatic heterocycles. The molecule has 0 bridgehead atoms. The molecule has 0 atom stereocenters. The van der Waals surface area contributed by atoms with Crippen molar-refractivity contribution in [1.82, 2.24) is 0 Å². The summed E-state index contributed by atoms with van der Waals surface area (Å²) in [7, 11) is 0. The molecule has 120 valence electrons. The molecule has 0 heterocycles. The highest BCUT2D eigenvalue weighted by molar-refractivity contribution is 5.47. The van der Waals surface area contributed by atoms with Gasteiger partial charge in [0.15, 0.2) is 0 Å². The van der Waals surface area contributed by atoms with E-state index in [1.54, 1.807) is 0 Å². The van der Waals surface area contributed by atoms with Crippen molar-refractivity contribution in [3.05, 3.63) is 29.8 Å². The number of nitrogens with zero attached hydrogens (tertiary/aromatic N) is 1. The molecule has 2 N–H and O–H groups in total. The highest BCUT2D eigenvalue weighted by atomic mass is 15.1. The second kappa shape index (κ2) is 11.6. The largest absolute Gasteiger partial charge is 0.372 e. The molecule has 0 saturated carbocycles. The Morgan fingerprint density at radius 1 is 0.762 bits per heavy atom. The number of hydrogen-bond acceptors (Lipinski definition) is 2. The van der Waals surface area contributed by atoms with Gasteiger partial charge in [-0.3, -0.25) is 0 Å². The van der Waals surface area contributed by atoms with E-state index in [0.717, 1.165) is 6.54 Å². The fourth-order valence-corrected chi connectivity index (χ4v) is 2.74. The molecule has 0 fully saturated rings. The van der Waals surface area contributed by atoms with Gasteiger partial charge in [-0.2, -0.15) is 0 Å². The monoisotopic (exact) mass is 290 g/mol. The molecule has 0 radical (unpaired) electrons. The van der Waals surface area contributed by atoms with Crippen molar-refractivity contribution in [2.24, 2.45) is 5.73 Å². The Kier molecular flexibility index (Phi) is 9.98. The zero-order valence-electron chi connectivity index (χ0n) is 14.1. The Labute approximate surface area is 131 Å². The van der Waals surface area contributed by atoms with E-state index in [4.69, 9.17) is 5.73 Å². The van der Waals surface area contributed by atoms with Crippen molar-refractivity contribution < 1.29 is 0 Å². The van der Waals surface area contributed by atoms with E-state index in [-0.39, 0.29) is 0 Å². The van der Waals surface area contributed by atoms with Crippen LogP contribution in [0.5, 0.6) is 0 Å². The summed E-state index contributed by atoms with van der Waals surface area (Å²) in [5.74, 6) is 0. The lowest BCUT2D eigenvalue weighted by Crippen LogP contribution is -2.25. The zero-order valence-corrected chi connectivity index (χ0v) is 14.1. The number of benzene rings is 1. The van der Waals surface area contributed by atoms with Crippen molar-refractivity contribution in [2.45, 2.75) is 71.8 Å². The Balaban J connectivity index is 2.32. The van der Waals surface area contributed by atoms with E-state index in [1.807, 2.05) is 0 Å². The van der Waals surface area contributed by atoms with Gasteiger partial charge < -0.3 is 10.6 Å². The maximum Gasteiger partial charge on any atom is 0.0366 e. The van der Waals surface area contributed by atoms with Crippen LogP contribution in [-0.2, 0) is 6.54 Å². The van der Waals surface area contributed by atoms with Gasteiger partial charge in [0.05, 0.1) is 0 Å². The van der Waals surface area contributed by atoms with Crippen LogP contribution in [0.1, 0.15) is 70.8 Å². The van der Waals surface area contributed by atoms with Crippen molar-refractivity contribution in [3.8, 4) is 0 Å². The number of unbranched alkanes of at least 4 members (excludes halogenated alkanes) is 6. The van der Waals surface area contributed by atoms with Crippen LogP contribution in [0.15, 0.2) is 24.3 Å². The molecule has 1 aromatic rings. The highest BCUT2D eigenvalue weighted by Gasteiger charge is 2.05. The van der Waals surface area contributed by atoms with Gasteiger partial charge in [0.1, 0.15) is 0 Å². The van der Waals surface area contributed by atoms with Crippen LogP contribution in [-0.4, -0.2) is 13.1 Å². The van der Waals surface area contributed by atoms with Crippen LogP contribution in [0.25, 0.3) is 0 Å². The molecular formula is C19H34N2. The number of rotatable bonds is 12. The minimum absolute atomic E-state index is 0.631. The van der Waals surface area contributed by atoms with E-state index in [9.17, 15) is 0 Å². The SMILES string of the molecule is CCCCCCCCCN(CCC)c1ccc(CN)cc1. The normalized spacial score (nSPS) is 10.8. The Morgan fingerprint density at radius 2 is 1.38 bits per heavy atom. The lowest BCUT2D eigenvalue weighted by molar-refractivity contribution is 0.582. The maximum atomic E-state index is 5.67. The minimum Gasteiger partial charge on any atom is -0.372 e. The number of hydrogen-bond donors (Lipinski definition) is 1. The van der Waals surface area contributed by atoms with Gasteiger partial charge in [0, 0.05) is 25.3 Å². The highest BCUT2D eigenvalue weighted by Crippen LogP contribution is 2.17. The Morgan fingerprint density at radius 3 is 1.95 bits per heavy atom. The number of nitrogens with two attached hydrogens (primary N) is 1. The quantitative estimate of drug-likeness (QED) is 0.542. The predicted octanol–water partition coefficient (Wildman–Crippen LogP) is 5.11. The van der Waals surface area contributed by atoms with Gasteiger partial charge in [0.2, 0.25) is 0 Å². The molecule has 1 rings (SSSR count). The molecule has 0 unspecified atom stereocenters. The lowest BCUT2D eigenvalue weighted by atomic mass is 10.1. The van der Waals surface area contributed by atoms with Gasteiger partial charge in [0.25, 0.3) is 0 Å². The zero-order chi connectivity index (χ0) is 15.3. The van der Waals surface area contributed by atoms with Gasteiger partial charge >= 0.3 is 0 Å². The smallest absolute Gasteiger partial charge is 0.0366 e. The molecule has 0 saturated heterocycles. The van der Waals surface area contributed by atoms with Crippen LogP contribution in [0.4, 0.5) is 5.69 Å². The first kappa shape index (κ1) is 18.0. The molecule has 0 aliphatic rings. The molecular weight excluding hydrogens is 256 g/mol. The third-order valence-electron chi connectivity index (χ3n) is 4.06. The standard InChI is InChI=1S/C19H34N2/c1-3-5-6-7-8-9-10-16-21(15-4-2)19-13-11-18(17-20)12-14-19/h11-14H,3-10,15-17,20H2,1-2H3. The van der Waals surface area contributed by atoms with Crippen LogP contribution in [0.2, 0.25) is 0 Å². The molecule has 0 aliphatic carbocycles. The molecule has 21 heavy (non-hydrogen) atoms. The summed E-state index contributed by atoms with van der Waals surface area (Å²) in [5.41, 5.74) is 8.23. The minimum atomic E-state index is 0.631. The topological polar surface area (TPSA) is 29.3 Å². The molecule has 0 spiro atoms. The van der Waals surface area contributed by atoms with Crippen LogP contribution in [0.3, 0.4) is 0 Å². The van der Waals surface area contributed by atoms with Crippen molar-refractivity contribution in [1.29, 1.82) is 0 Å². The second-order valence-corrected chi connectivity index (χ2v) is 5.98. The first-order valence-electron chi connectivity index (χ1n) is 8.85. The van der Waals surface area contributed by atoms with Crippen LogP contribution < -0.4 is 10.6 Å². The summed E-state index contributed by atoms with van der Waals surface area (Å²) in [5, 5.41) is 0. The average Bonchev–Trinajstić information content (AvgIpc) is 2.53. The fraction of sp³-hybridized carbons (Fsp3) is 0.684. The van der Waals surface area contributed by atoms with E-state index in [1.165, 1.54) is 69.2 Å². The van der Waals surface area contributed by atoms with E-state index >= 15 is 0 Å². The van der Waals surface area contributed by atoms with E-state index in [0.29, 0.717) is 6.54 Å². The van der Waals surface area contributed by atoms with Crippen LogP contribution in [0, 0.1) is 0 Å². The van der Waals surface area contributed by atoms with Crippen molar-refractivity contribution in [2.75, 3.05) is 18.0 Å². The molecule has 2 nitrogen and oxygen atoms in total. The Bertz CT molecular complexity index is 345. The summed E-state index contributed by atoms with van der Waals surface area (Å²) >= 11 is 0. The summed E-state index contributed by atoms with van der Waals surface area (Å²) in [6.07, 6.45) is 10.8. The summed E-state index contributed by atoms with van der Waals surface area (Å²) < 4.78 is 0. The van der Waals surface area contributed by atoms with Crippen LogP contribution >= 0.6 is 0 Å². The number of anilines is 1. The maximum absolute atomic E-state index is 5.67. The molecule has 0 aliphatic heterocycles. The summed E-state index contributed by atoms with van der Waals surface area (Å²) in [6.45, 7) is 7.50. The molecule has 1 aromatic carbocycles. The van der Waals surface area contributed by atoms with Crippen molar-refractivity contribution >= 4 is 5.69 Å². The van der Waals surface area contributed by atoms with Crippen molar-refractivity contribution in [3.63, 3.8) is 0 Å². The fourth-order valence-electron chi connectivity index (χ4n) is 2.74. The first-order valence-corrected chi connectivity index (χ1v) is 8.85. The second-order valence-electron chi connectivity index (χ2n) is 5.98.